The topological polar surface area (TPSA) is 30.9 Å². The Labute approximate surface area is 84.0 Å². The lowest BCUT2D eigenvalue weighted by Crippen LogP contribution is -1.93. The summed E-state index contributed by atoms with van der Waals surface area (Å²) in [4.78, 5) is 0. The molecule has 0 amide bonds. The number of hydrogen-bond donors (Lipinski definition) is 1. The highest BCUT2D eigenvalue weighted by molar-refractivity contribution is 5.73. The maximum atomic E-state index is 5.89. The largest absolute Gasteiger partial charge is 0.397 e. The zero-order chi connectivity index (χ0) is 10.1. The summed E-state index contributed by atoms with van der Waals surface area (Å²) >= 11 is 0. The second kappa shape index (κ2) is 3.22. The number of aryl methyl sites for hydroxylation is 2. The highest BCUT2D eigenvalue weighted by Gasteiger charge is 2.05. The number of anilines is 1. The van der Waals surface area contributed by atoms with Crippen LogP contribution in [0.25, 0.3) is 11.3 Å². The van der Waals surface area contributed by atoms with Crippen LogP contribution in [0.1, 0.15) is 5.56 Å². The average Bonchev–Trinajstić information content (AvgIpc) is 2.49. The molecule has 0 radical (unpaired) electrons. The summed E-state index contributed by atoms with van der Waals surface area (Å²) in [5.74, 6) is 0. The van der Waals surface area contributed by atoms with Crippen molar-refractivity contribution in [3.8, 4) is 11.3 Å². The van der Waals surface area contributed by atoms with Crippen LogP contribution >= 0.6 is 0 Å². The van der Waals surface area contributed by atoms with Crippen LogP contribution in [0.5, 0.6) is 0 Å². The molecule has 2 N–H and O–H groups in total. The van der Waals surface area contributed by atoms with E-state index in [0.29, 0.717) is 0 Å². The van der Waals surface area contributed by atoms with Crippen molar-refractivity contribution in [3.63, 3.8) is 0 Å². The molecular formula is C12H14N2. The first-order valence-electron chi connectivity index (χ1n) is 4.66. The van der Waals surface area contributed by atoms with E-state index >= 15 is 0 Å². The monoisotopic (exact) mass is 186 g/mol. The molecular weight excluding hydrogens is 172 g/mol. The molecule has 0 bridgehead atoms. The SMILES string of the molecule is Cc1ccc(-c2c(N)ccn2C)cc1. The molecule has 1 aromatic carbocycles. The van der Waals surface area contributed by atoms with Gasteiger partial charge in [0, 0.05) is 18.8 Å². The van der Waals surface area contributed by atoms with E-state index in [2.05, 4.69) is 31.2 Å². The van der Waals surface area contributed by atoms with E-state index in [9.17, 15) is 0 Å². The predicted octanol–water partition coefficient (Wildman–Crippen LogP) is 2.58. The lowest BCUT2D eigenvalue weighted by molar-refractivity contribution is 0.938. The van der Waals surface area contributed by atoms with Gasteiger partial charge < -0.3 is 10.3 Å². The van der Waals surface area contributed by atoms with Crippen molar-refractivity contribution in [1.29, 1.82) is 0 Å². The summed E-state index contributed by atoms with van der Waals surface area (Å²) < 4.78 is 2.04. The minimum Gasteiger partial charge on any atom is -0.397 e. The van der Waals surface area contributed by atoms with Crippen molar-refractivity contribution >= 4 is 5.69 Å². The molecule has 1 aromatic heterocycles. The maximum Gasteiger partial charge on any atom is 0.0711 e. The fourth-order valence-corrected chi connectivity index (χ4v) is 1.63. The number of nitrogens with two attached hydrogens (primary N) is 1. The van der Waals surface area contributed by atoms with Crippen molar-refractivity contribution in [2.45, 2.75) is 6.92 Å². The van der Waals surface area contributed by atoms with Gasteiger partial charge in [0.15, 0.2) is 0 Å². The summed E-state index contributed by atoms with van der Waals surface area (Å²) in [6, 6.07) is 10.3. The highest BCUT2D eigenvalue weighted by atomic mass is 14.9. The molecule has 0 saturated carbocycles. The van der Waals surface area contributed by atoms with Crippen molar-refractivity contribution in [3.05, 3.63) is 42.1 Å². The molecule has 0 fully saturated rings. The van der Waals surface area contributed by atoms with Gasteiger partial charge in [0.05, 0.1) is 11.4 Å². The fourth-order valence-electron chi connectivity index (χ4n) is 1.63. The van der Waals surface area contributed by atoms with E-state index in [4.69, 9.17) is 5.73 Å². The van der Waals surface area contributed by atoms with Gasteiger partial charge in [0.25, 0.3) is 0 Å². The van der Waals surface area contributed by atoms with Gasteiger partial charge >= 0.3 is 0 Å². The van der Waals surface area contributed by atoms with Crippen LogP contribution in [0.3, 0.4) is 0 Å². The van der Waals surface area contributed by atoms with Gasteiger partial charge in [-0.05, 0) is 13.0 Å². The number of aromatic nitrogens is 1. The molecule has 0 unspecified atom stereocenters. The highest BCUT2D eigenvalue weighted by Crippen LogP contribution is 2.26. The minimum atomic E-state index is 0.830. The quantitative estimate of drug-likeness (QED) is 0.729. The Hall–Kier alpha value is -1.70. The number of benzene rings is 1. The first kappa shape index (κ1) is 8.88. The van der Waals surface area contributed by atoms with Crippen LogP contribution in [0.4, 0.5) is 5.69 Å². The van der Waals surface area contributed by atoms with Gasteiger partial charge in [-0.15, -0.1) is 0 Å². The first-order valence-corrected chi connectivity index (χ1v) is 4.66. The van der Waals surface area contributed by atoms with Crippen LogP contribution < -0.4 is 5.73 Å². The summed E-state index contributed by atoms with van der Waals surface area (Å²) in [6.45, 7) is 2.08. The molecule has 2 rings (SSSR count). The van der Waals surface area contributed by atoms with Crippen molar-refractivity contribution in [1.82, 2.24) is 4.57 Å². The Morgan fingerprint density at radius 1 is 1.07 bits per heavy atom. The van der Waals surface area contributed by atoms with Gasteiger partial charge in [0.2, 0.25) is 0 Å². The van der Waals surface area contributed by atoms with E-state index in [1.807, 2.05) is 23.9 Å². The van der Waals surface area contributed by atoms with E-state index < -0.39 is 0 Å². The van der Waals surface area contributed by atoms with Crippen LogP contribution in [0.2, 0.25) is 0 Å². The van der Waals surface area contributed by atoms with Gasteiger partial charge in [-0.25, -0.2) is 0 Å². The molecule has 0 spiro atoms. The summed E-state index contributed by atoms with van der Waals surface area (Å²) in [5.41, 5.74) is 10.2. The third-order valence-electron chi connectivity index (χ3n) is 2.43. The van der Waals surface area contributed by atoms with E-state index in [1.54, 1.807) is 0 Å². The average molecular weight is 186 g/mol. The number of nitrogen functional groups attached to an aromatic ring is 1. The van der Waals surface area contributed by atoms with Gasteiger partial charge in [-0.2, -0.15) is 0 Å². The van der Waals surface area contributed by atoms with Gasteiger partial charge in [0.1, 0.15) is 0 Å². The maximum absolute atomic E-state index is 5.89. The molecule has 2 nitrogen and oxygen atoms in total. The van der Waals surface area contributed by atoms with E-state index in [-0.39, 0.29) is 0 Å². The Balaban J connectivity index is 2.54. The fraction of sp³-hybridized carbons (Fsp3) is 0.167. The normalized spacial score (nSPS) is 10.4. The zero-order valence-electron chi connectivity index (χ0n) is 8.49. The second-order valence-corrected chi connectivity index (χ2v) is 3.60. The third kappa shape index (κ3) is 1.39. The number of nitrogens with zero attached hydrogens (tertiary/aromatic N) is 1. The van der Waals surface area contributed by atoms with Crippen LogP contribution in [0.15, 0.2) is 36.5 Å². The van der Waals surface area contributed by atoms with Gasteiger partial charge in [-0.3, -0.25) is 0 Å². The van der Waals surface area contributed by atoms with Crippen molar-refractivity contribution < 1.29 is 0 Å². The Bertz CT molecular complexity index is 418. The molecule has 0 atom stereocenters. The predicted molar refractivity (Wildman–Crippen MR) is 60.0 cm³/mol. The Morgan fingerprint density at radius 2 is 1.71 bits per heavy atom. The molecule has 72 valence electrons. The van der Waals surface area contributed by atoms with Crippen molar-refractivity contribution in [2.75, 3.05) is 5.73 Å². The summed E-state index contributed by atoms with van der Waals surface area (Å²) in [6.07, 6.45) is 1.98. The second-order valence-electron chi connectivity index (χ2n) is 3.60. The number of hydrogen-bond acceptors (Lipinski definition) is 1. The first-order chi connectivity index (χ1) is 6.68. The molecule has 0 aliphatic rings. The lowest BCUT2D eigenvalue weighted by atomic mass is 10.1. The van der Waals surface area contributed by atoms with Crippen LogP contribution in [-0.2, 0) is 7.05 Å². The summed E-state index contributed by atoms with van der Waals surface area (Å²) in [5, 5.41) is 0. The Morgan fingerprint density at radius 3 is 2.21 bits per heavy atom. The molecule has 2 heteroatoms. The lowest BCUT2D eigenvalue weighted by Gasteiger charge is -2.05. The van der Waals surface area contributed by atoms with Crippen molar-refractivity contribution in [2.24, 2.45) is 7.05 Å². The summed E-state index contributed by atoms with van der Waals surface area (Å²) in [7, 11) is 2.01. The van der Waals surface area contributed by atoms with Gasteiger partial charge in [-0.1, -0.05) is 29.8 Å². The molecule has 0 saturated heterocycles. The minimum absolute atomic E-state index is 0.830. The molecule has 2 aromatic rings. The number of rotatable bonds is 1. The molecule has 1 heterocycles. The van der Waals surface area contributed by atoms with E-state index in [1.165, 1.54) is 11.1 Å². The molecule has 0 aliphatic heterocycles. The zero-order valence-corrected chi connectivity index (χ0v) is 8.49. The molecule has 0 aliphatic carbocycles. The molecule has 14 heavy (non-hydrogen) atoms. The Kier molecular flexibility index (Phi) is 2.04. The van der Waals surface area contributed by atoms with Crippen LogP contribution in [0, 0.1) is 6.92 Å². The smallest absolute Gasteiger partial charge is 0.0711 e. The van der Waals surface area contributed by atoms with Crippen LogP contribution in [-0.4, -0.2) is 4.57 Å². The standard InChI is InChI=1S/C12H14N2/c1-9-3-5-10(6-4-9)12-11(13)7-8-14(12)2/h3-8H,13H2,1-2H3. The third-order valence-corrected chi connectivity index (χ3v) is 2.43. The van der Waals surface area contributed by atoms with E-state index in [0.717, 1.165) is 11.4 Å².